The largest absolute Gasteiger partial charge is 0.490 e. The highest BCUT2D eigenvalue weighted by Gasteiger charge is 2.23. The van der Waals surface area contributed by atoms with Crippen LogP contribution < -0.4 is 15.0 Å². The van der Waals surface area contributed by atoms with Crippen LogP contribution in [0.4, 0.5) is 5.69 Å². The zero-order valence-corrected chi connectivity index (χ0v) is 14.4. The Balaban J connectivity index is 1.71. The first-order chi connectivity index (χ1) is 11.6. The van der Waals surface area contributed by atoms with Gasteiger partial charge in [-0.3, -0.25) is 9.59 Å². The molecule has 0 saturated carbocycles. The van der Waals surface area contributed by atoms with Crippen LogP contribution in [-0.2, 0) is 14.3 Å². The van der Waals surface area contributed by atoms with Crippen LogP contribution in [0, 0.1) is 0 Å². The molecule has 0 atom stereocenters. The zero-order chi connectivity index (χ0) is 17.4. The van der Waals surface area contributed by atoms with E-state index in [1.165, 1.54) is 0 Å². The Morgan fingerprint density at radius 2 is 2.08 bits per heavy atom. The topological polar surface area (TPSA) is 67.9 Å². The summed E-state index contributed by atoms with van der Waals surface area (Å²) < 4.78 is 10.9. The maximum absolute atomic E-state index is 12.4. The molecule has 6 nitrogen and oxygen atoms in total. The molecule has 0 saturated heterocycles. The van der Waals surface area contributed by atoms with Gasteiger partial charge in [0.1, 0.15) is 12.4 Å². The number of hydrogen-bond acceptors (Lipinski definition) is 4. The zero-order valence-electron chi connectivity index (χ0n) is 14.4. The molecule has 0 aromatic heterocycles. The minimum atomic E-state index is -0.102. The maximum Gasteiger partial charge on any atom is 0.227 e. The van der Waals surface area contributed by atoms with Gasteiger partial charge in [-0.2, -0.15) is 0 Å². The molecule has 2 rings (SSSR count). The number of amides is 2. The number of anilines is 1. The first kappa shape index (κ1) is 18.3. The predicted molar refractivity (Wildman–Crippen MR) is 92.2 cm³/mol. The number of carbonyl (C=O) groups is 2. The summed E-state index contributed by atoms with van der Waals surface area (Å²) in [5, 5.41) is 2.82. The fourth-order valence-electron chi connectivity index (χ4n) is 2.49. The molecule has 1 aromatic carbocycles. The van der Waals surface area contributed by atoms with E-state index in [1.54, 1.807) is 4.90 Å². The fourth-order valence-corrected chi connectivity index (χ4v) is 2.49. The van der Waals surface area contributed by atoms with Crippen molar-refractivity contribution in [2.75, 3.05) is 31.2 Å². The molecular formula is C18H26N2O4. The van der Waals surface area contributed by atoms with Gasteiger partial charge in [-0.1, -0.05) is 12.1 Å². The second kappa shape index (κ2) is 9.27. The molecule has 0 spiro atoms. The average Bonchev–Trinajstić information content (AvgIpc) is 2.58. The highest BCUT2D eigenvalue weighted by atomic mass is 16.5. The van der Waals surface area contributed by atoms with Crippen LogP contribution in [-0.4, -0.2) is 44.2 Å². The van der Waals surface area contributed by atoms with E-state index in [2.05, 4.69) is 5.32 Å². The summed E-state index contributed by atoms with van der Waals surface area (Å²) in [6, 6.07) is 7.46. The Morgan fingerprint density at radius 1 is 1.29 bits per heavy atom. The van der Waals surface area contributed by atoms with Crippen molar-refractivity contribution in [1.82, 2.24) is 5.32 Å². The van der Waals surface area contributed by atoms with E-state index in [4.69, 9.17) is 9.47 Å². The van der Waals surface area contributed by atoms with Crippen LogP contribution in [0.3, 0.4) is 0 Å². The van der Waals surface area contributed by atoms with Gasteiger partial charge in [0, 0.05) is 26.0 Å². The lowest BCUT2D eigenvalue weighted by Crippen LogP contribution is -2.38. The lowest BCUT2D eigenvalue weighted by atomic mass is 10.2. The van der Waals surface area contributed by atoms with E-state index in [1.807, 2.05) is 38.1 Å². The van der Waals surface area contributed by atoms with Gasteiger partial charge in [-0.15, -0.1) is 0 Å². The van der Waals surface area contributed by atoms with Crippen LogP contribution >= 0.6 is 0 Å². The van der Waals surface area contributed by atoms with Crippen LogP contribution in [0.5, 0.6) is 5.75 Å². The van der Waals surface area contributed by atoms with E-state index >= 15 is 0 Å². The smallest absolute Gasteiger partial charge is 0.227 e. The minimum absolute atomic E-state index is 0.0518. The summed E-state index contributed by atoms with van der Waals surface area (Å²) in [5.74, 6) is 0.560. The van der Waals surface area contributed by atoms with E-state index in [9.17, 15) is 9.59 Å². The molecule has 0 aliphatic carbocycles. The third kappa shape index (κ3) is 5.53. The van der Waals surface area contributed by atoms with Crippen LogP contribution in [0.2, 0.25) is 0 Å². The van der Waals surface area contributed by atoms with Gasteiger partial charge in [0.25, 0.3) is 0 Å². The molecule has 0 radical (unpaired) electrons. The second-order valence-corrected chi connectivity index (χ2v) is 5.98. The average molecular weight is 334 g/mol. The van der Waals surface area contributed by atoms with Gasteiger partial charge in [0.05, 0.1) is 18.3 Å². The van der Waals surface area contributed by atoms with E-state index in [-0.39, 0.29) is 30.8 Å². The molecule has 0 fully saturated rings. The van der Waals surface area contributed by atoms with Crippen molar-refractivity contribution in [3.8, 4) is 5.75 Å². The van der Waals surface area contributed by atoms with Crippen LogP contribution in [0.15, 0.2) is 24.3 Å². The summed E-state index contributed by atoms with van der Waals surface area (Å²) in [6.07, 6.45) is 1.37. The van der Waals surface area contributed by atoms with Crippen molar-refractivity contribution in [1.29, 1.82) is 0 Å². The van der Waals surface area contributed by atoms with Gasteiger partial charge in [0.15, 0.2) is 0 Å². The number of benzene rings is 1. The molecule has 2 amide bonds. The molecule has 0 bridgehead atoms. The number of nitrogens with one attached hydrogen (secondary N) is 1. The molecule has 132 valence electrons. The van der Waals surface area contributed by atoms with E-state index < -0.39 is 0 Å². The second-order valence-electron chi connectivity index (χ2n) is 5.98. The summed E-state index contributed by atoms with van der Waals surface area (Å²) in [4.78, 5) is 25.9. The van der Waals surface area contributed by atoms with E-state index in [0.717, 1.165) is 12.1 Å². The molecule has 1 aliphatic heterocycles. The quantitative estimate of drug-likeness (QED) is 0.740. The number of carbonyl (C=O) groups excluding carboxylic acids is 2. The van der Waals surface area contributed by atoms with Crippen molar-refractivity contribution in [2.45, 2.75) is 39.2 Å². The minimum Gasteiger partial charge on any atom is -0.490 e. The van der Waals surface area contributed by atoms with Crippen molar-refractivity contribution >= 4 is 17.5 Å². The fraction of sp³-hybridized carbons (Fsp3) is 0.556. The van der Waals surface area contributed by atoms with Gasteiger partial charge >= 0.3 is 0 Å². The first-order valence-electron chi connectivity index (χ1n) is 8.48. The third-order valence-corrected chi connectivity index (χ3v) is 3.69. The number of fused-ring (bicyclic) bond motifs is 1. The van der Waals surface area contributed by atoms with Gasteiger partial charge in [-0.25, -0.2) is 0 Å². The SMILES string of the molecule is CC(C)OCCCNC(=O)CCC(=O)N1CCOc2ccccc21. The Kier molecular flexibility index (Phi) is 7.06. The van der Waals surface area contributed by atoms with E-state index in [0.29, 0.717) is 32.1 Å². The van der Waals surface area contributed by atoms with Crippen LogP contribution in [0.1, 0.15) is 33.1 Å². The monoisotopic (exact) mass is 334 g/mol. The first-order valence-corrected chi connectivity index (χ1v) is 8.48. The number of rotatable bonds is 8. The molecule has 1 heterocycles. The molecular weight excluding hydrogens is 308 g/mol. The molecule has 0 unspecified atom stereocenters. The predicted octanol–water partition coefficient (Wildman–Crippen LogP) is 2.12. The molecule has 1 aliphatic rings. The molecule has 6 heteroatoms. The van der Waals surface area contributed by atoms with Gasteiger partial charge in [0.2, 0.25) is 11.8 Å². The molecule has 1 N–H and O–H groups in total. The van der Waals surface area contributed by atoms with Crippen molar-refractivity contribution in [3.05, 3.63) is 24.3 Å². The summed E-state index contributed by atoms with van der Waals surface area (Å²) >= 11 is 0. The standard InChI is InChI=1S/C18H26N2O4/c1-14(2)23-12-5-10-19-17(21)8-9-18(22)20-11-13-24-16-7-4-3-6-15(16)20/h3-4,6-7,14H,5,8-13H2,1-2H3,(H,19,21). The molecule has 24 heavy (non-hydrogen) atoms. The van der Waals surface area contributed by atoms with Crippen molar-refractivity contribution in [3.63, 3.8) is 0 Å². The summed E-state index contributed by atoms with van der Waals surface area (Å²) in [7, 11) is 0. The Hall–Kier alpha value is -2.08. The van der Waals surface area contributed by atoms with Crippen molar-refractivity contribution in [2.24, 2.45) is 0 Å². The third-order valence-electron chi connectivity index (χ3n) is 3.69. The van der Waals surface area contributed by atoms with Crippen LogP contribution in [0.25, 0.3) is 0 Å². The number of hydrogen-bond donors (Lipinski definition) is 1. The number of nitrogens with zero attached hydrogens (tertiary/aromatic N) is 1. The van der Waals surface area contributed by atoms with Gasteiger partial charge in [-0.05, 0) is 32.4 Å². The highest BCUT2D eigenvalue weighted by Crippen LogP contribution is 2.31. The Morgan fingerprint density at radius 3 is 2.88 bits per heavy atom. The van der Waals surface area contributed by atoms with Crippen molar-refractivity contribution < 1.29 is 19.1 Å². The normalized spacial score (nSPS) is 13.4. The lowest BCUT2D eigenvalue weighted by Gasteiger charge is -2.29. The highest BCUT2D eigenvalue weighted by molar-refractivity contribution is 5.97. The number of ether oxygens (including phenoxy) is 2. The Bertz CT molecular complexity index is 560. The molecule has 1 aromatic rings. The van der Waals surface area contributed by atoms with Gasteiger partial charge < -0.3 is 19.7 Å². The number of para-hydroxylation sites is 2. The summed E-state index contributed by atoms with van der Waals surface area (Å²) in [6.45, 7) is 6.15. The summed E-state index contributed by atoms with van der Waals surface area (Å²) in [5.41, 5.74) is 0.778. The maximum atomic E-state index is 12.4. The lowest BCUT2D eigenvalue weighted by molar-refractivity contribution is -0.125. The Labute approximate surface area is 143 Å².